The number of likely N-dealkylation sites (N-methyl/N-ethyl adjacent to an activating group) is 1. The molecule has 2 N–H and O–H groups in total. The van der Waals surface area contributed by atoms with E-state index in [1.807, 2.05) is 0 Å². The van der Waals surface area contributed by atoms with Gasteiger partial charge in [-0.2, -0.15) is 0 Å². The number of hydrogen-bond acceptors (Lipinski definition) is 2. The predicted octanol–water partition coefficient (Wildman–Crippen LogP) is 2.48. The van der Waals surface area contributed by atoms with Gasteiger partial charge in [0, 0.05) is 12.1 Å². The maximum Gasteiger partial charge on any atom is 0.0354 e. The van der Waals surface area contributed by atoms with E-state index in [0.717, 1.165) is 18.4 Å². The van der Waals surface area contributed by atoms with Crippen LogP contribution in [0.25, 0.3) is 0 Å². The first-order chi connectivity index (χ1) is 7.03. The minimum absolute atomic E-state index is 0.300. The summed E-state index contributed by atoms with van der Waals surface area (Å²) in [5, 5.41) is 0. The summed E-state index contributed by atoms with van der Waals surface area (Å²) < 4.78 is 0. The third-order valence-corrected chi connectivity index (χ3v) is 4.32. The summed E-state index contributed by atoms with van der Waals surface area (Å²) in [4.78, 5) is 2.53. The van der Waals surface area contributed by atoms with Crippen LogP contribution in [-0.2, 0) is 0 Å². The molecule has 2 nitrogen and oxygen atoms in total. The molecule has 0 spiro atoms. The molecule has 2 atom stereocenters. The van der Waals surface area contributed by atoms with Gasteiger partial charge in [-0.05, 0) is 44.7 Å². The van der Waals surface area contributed by atoms with E-state index in [1.165, 1.54) is 32.2 Å². The van der Waals surface area contributed by atoms with Gasteiger partial charge in [0.1, 0.15) is 0 Å². The molecule has 0 aromatic heterocycles. The van der Waals surface area contributed by atoms with E-state index in [2.05, 4.69) is 32.7 Å². The highest BCUT2D eigenvalue weighted by Crippen LogP contribution is 2.38. The molecule has 1 fully saturated rings. The van der Waals surface area contributed by atoms with Gasteiger partial charge in [0.2, 0.25) is 0 Å². The van der Waals surface area contributed by atoms with Crippen molar-refractivity contribution < 1.29 is 0 Å². The molecule has 0 aromatic rings. The van der Waals surface area contributed by atoms with Gasteiger partial charge in [-0.25, -0.2) is 0 Å². The Morgan fingerprint density at radius 1 is 1.47 bits per heavy atom. The zero-order valence-corrected chi connectivity index (χ0v) is 10.9. The van der Waals surface area contributed by atoms with Crippen molar-refractivity contribution >= 4 is 0 Å². The quantitative estimate of drug-likeness (QED) is 0.758. The molecule has 0 aromatic carbocycles. The fraction of sp³-hybridized carbons (Fsp3) is 1.00. The van der Waals surface area contributed by atoms with Crippen LogP contribution in [0.2, 0.25) is 0 Å². The van der Waals surface area contributed by atoms with Crippen LogP contribution in [0.3, 0.4) is 0 Å². The van der Waals surface area contributed by atoms with Gasteiger partial charge < -0.3 is 5.73 Å². The molecule has 0 radical (unpaired) electrons. The molecular formula is C13H28N2. The van der Waals surface area contributed by atoms with E-state index in [0.29, 0.717) is 5.54 Å². The normalized spacial score (nSPS) is 31.8. The minimum atomic E-state index is 0.300. The van der Waals surface area contributed by atoms with E-state index in [1.54, 1.807) is 0 Å². The zero-order valence-electron chi connectivity index (χ0n) is 10.9. The lowest BCUT2D eigenvalue weighted by Crippen LogP contribution is -2.54. The highest BCUT2D eigenvalue weighted by molar-refractivity contribution is 4.99. The first-order valence-corrected chi connectivity index (χ1v) is 6.44. The van der Waals surface area contributed by atoms with Crippen LogP contribution in [0.5, 0.6) is 0 Å². The van der Waals surface area contributed by atoms with Gasteiger partial charge in [0.25, 0.3) is 0 Å². The van der Waals surface area contributed by atoms with Crippen LogP contribution in [-0.4, -0.2) is 30.6 Å². The summed E-state index contributed by atoms with van der Waals surface area (Å²) in [5.41, 5.74) is 6.33. The van der Waals surface area contributed by atoms with E-state index in [9.17, 15) is 0 Å². The molecule has 2 unspecified atom stereocenters. The molecule has 15 heavy (non-hydrogen) atoms. The van der Waals surface area contributed by atoms with Crippen molar-refractivity contribution in [2.24, 2.45) is 17.6 Å². The van der Waals surface area contributed by atoms with Gasteiger partial charge in [-0.15, -0.1) is 0 Å². The Kier molecular flexibility index (Phi) is 4.60. The Balaban J connectivity index is 2.57. The number of nitrogens with zero attached hydrogens (tertiary/aromatic N) is 1. The number of rotatable bonds is 5. The molecule has 0 amide bonds. The zero-order chi connectivity index (χ0) is 11.5. The Labute approximate surface area is 95.2 Å². The topological polar surface area (TPSA) is 29.3 Å². The first-order valence-electron chi connectivity index (χ1n) is 6.44. The fourth-order valence-corrected chi connectivity index (χ4v) is 2.93. The summed E-state index contributed by atoms with van der Waals surface area (Å²) in [6, 6.07) is 0. The average molecular weight is 212 g/mol. The monoisotopic (exact) mass is 212 g/mol. The fourth-order valence-electron chi connectivity index (χ4n) is 2.93. The lowest BCUT2D eigenvalue weighted by molar-refractivity contribution is 0.0866. The van der Waals surface area contributed by atoms with Gasteiger partial charge in [0.05, 0.1) is 0 Å². The van der Waals surface area contributed by atoms with Crippen LogP contribution in [0.1, 0.15) is 46.5 Å². The molecule has 2 heteroatoms. The Morgan fingerprint density at radius 3 is 2.53 bits per heavy atom. The smallest absolute Gasteiger partial charge is 0.0354 e. The number of nitrogens with two attached hydrogens (primary N) is 1. The molecule has 0 heterocycles. The minimum Gasteiger partial charge on any atom is -0.329 e. The Bertz CT molecular complexity index is 191. The van der Waals surface area contributed by atoms with Gasteiger partial charge in [-0.1, -0.05) is 27.2 Å². The van der Waals surface area contributed by atoms with Crippen LogP contribution in [0.15, 0.2) is 0 Å². The lowest BCUT2D eigenvalue weighted by atomic mass is 9.86. The second-order valence-electron chi connectivity index (χ2n) is 5.71. The Hall–Kier alpha value is -0.0800. The SMILES string of the molecule is CC(C)CCN(C)C1(CN)CCCC1C. The van der Waals surface area contributed by atoms with Crippen molar-refractivity contribution in [2.75, 3.05) is 20.1 Å². The van der Waals surface area contributed by atoms with E-state index < -0.39 is 0 Å². The largest absolute Gasteiger partial charge is 0.329 e. The second kappa shape index (κ2) is 5.31. The summed E-state index contributed by atoms with van der Waals surface area (Å²) in [7, 11) is 2.26. The lowest BCUT2D eigenvalue weighted by Gasteiger charge is -2.42. The van der Waals surface area contributed by atoms with Crippen molar-refractivity contribution in [2.45, 2.75) is 52.0 Å². The van der Waals surface area contributed by atoms with E-state index in [-0.39, 0.29) is 0 Å². The highest BCUT2D eigenvalue weighted by Gasteiger charge is 2.41. The molecule has 0 bridgehead atoms. The third kappa shape index (κ3) is 2.73. The standard InChI is InChI=1S/C13H28N2/c1-11(2)7-9-15(4)13(10-14)8-5-6-12(13)3/h11-12H,5-10,14H2,1-4H3. The molecule has 1 aliphatic carbocycles. The van der Waals surface area contributed by atoms with Crippen molar-refractivity contribution in [3.05, 3.63) is 0 Å². The van der Waals surface area contributed by atoms with E-state index in [4.69, 9.17) is 5.73 Å². The van der Waals surface area contributed by atoms with Crippen LogP contribution in [0, 0.1) is 11.8 Å². The maximum atomic E-state index is 6.02. The summed E-state index contributed by atoms with van der Waals surface area (Å²) in [6.07, 6.45) is 5.28. The third-order valence-electron chi connectivity index (χ3n) is 4.32. The molecule has 90 valence electrons. The van der Waals surface area contributed by atoms with Crippen LogP contribution < -0.4 is 5.73 Å². The van der Waals surface area contributed by atoms with Crippen LogP contribution in [0.4, 0.5) is 0 Å². The second-order valence-corrected chi connectivity index (χ2v) is 5.71. The summed E-state index contributed by atoms with van der Waals surface area (Å²) in [6.45, 7) is 8.97. The molecule has 1 saturated carbocycles. The summed E-state index contributed by atoms with van der Waals surface area (Å²) >= 11 is 0. The van der Waals surface area contributed by atoms with Gasteiger partial charge >= 0.3 is 0 Å². The highest BCUT2D eigenvalue weighted by atomic mass is 15.2. The average Bonchev–Trinajstić information content (AvgIpc) is 2.57. The Morgan fingerprint density at radius 2 is 2.13 bits per heavy atom. The molecule has 1 aliphatic rings. The van der Waals surface area contributed by atoms with Crippen molar-refractivity contribution in [1.29, 1.82) is 0 Å². The molecule has 1 rings (SSSR count). The van der Waals surface area contributed by atoms with E-state index >= 15 is 0 Å². The van der Waals surface area contributed by atoms with Gasteiger partial charge in [-0.3, -0.25) is 4.90 Å². The summed E-state index contributed by atoms with van der Waals surface area (Å²) in [5.74, 6) is 1.55. The van der Waals surface area contributed by atoms with Crippen molar-refractivity contribution in [3.8, 4) is 0 Å². The molecule has 0 aliphatic heterocycles. The predicted molar refractivity (Wildman–Crippen MR) is 66.9 cm³/mol. The molecule has 0 saturated heterocycles. The van der Waals surface area contributed by atoms with Gasteiger partial charge in [0.15, 0.2) is 0 Å². The first kappa shape index (κ1) is 13.0. The maximum absolute atomic E-state index is 6.02. The molecular weight excluding hydrogens is 184 g/mol. The van der Waals surface area contributed by atoms with Crippen molar-refractivity contribution in [1.82, 2.24) is 4.90 Å². The number of hydrogen-bond donors (Lipinski definition) is 1. The van der Waals surface area contributed by atoms with Crippen molar-refractivity contribution in [3.63, 3.8) is 0 Å². The van der Waals surface area contributed by atoms with Crippen LogP contribution >= 0.6 is 0 Å².